The summed E-state index contributed by atoms with van der Waals surface area (Å²) in [5.41, 5.74) is 6.59. The van der Waals surface area contributed by atoms with Crippen LogP contribution in [0.4, 0.5) is 4.39 Å². The molecule has 0 saturated heterocycles. The van der Waals surface area contributed by atoms with Crippen LogP contribution in [0.15, 0.2) is 42.5 Å². The van der Waals surface area contributed by atoms with Crippen LogP contribution in [0, 0.1) is 12.7 Å². The zero-order valence-electron chi connectivity index (χ0n) is 12.0. The first-order valence-corrected chi connectivity index (χ1v) is 7.12. The third kappa shape index (κ3) is 2.70. The van der Waals surface area contributed by atoms with Gasteiger partial charge in [0.25, 0.3) is 0 Å². The van der Waals surface area contributed by atoms with E-state index in [1.165, 1.54) is 11.6 Å². The summed E-state index contributed by atoms with van der Waals surface area (Å²) in [6.45, 7) is 2.39. The second-order valence-electron chi connectivity index (χ2n) is 5.39. The van der Waals surface area contributed by atoms with Crippen LogP contribution in [0.1, 0.15) is 34.4 Å². The Hall–Kier alpha value is -1.75. The molecule has 2 unspecified atom stereocenters. The lowest BCUT2D eigenvalue weighted by Crippen LogP contribution is -2.35. The molecule has 0 bridgehead atoms. The summed E-state index contributed by atoms with van der Waals surface area (Å²) in [5, 5.41) is 0. The van der Waals surface area contributed by atoms with Crippen molar-refractivity contribution in [3.8, 4) is 0 Å². The second kappa shape index (κ2) is 5.93. The molecule has 1 aliphatic rings. The lowest BCUT2D eigenvalue weighted by atomic mass is 9.90. The average molecular weight is 286 g/mol. The number of rotatable bonds is 3. The number of hydrazine groups is 1. The highest BCUT2D eigenvalue weighted by Gasteiger charge is 2.29. The number of halogens is 1. The fourth-order valence-corrected chi connectivity index (χ4v) is 2.86. The van der Waals surface area contributed by atoms with Crippen molar-refractivity contribution in [2.45, 2.75) is 25.5 Å². The molecule has 3 N–H and O–H groups in total. The highest BCUT2D eigenvalue weighted by Crippen LogP contribution is 2.36. The highest BCUT2D eigenvalue weighted by atomic mass is 19.1. The molecule has 3 rings (SSSR count). The van der Waals surface area contributed by atoms with Crippen molar-refractivity contribution in [1.29, 1.82) is 0 Å². The number of nitrogens with two attached hydrogens (primary N) is 1. The third-order valence-corrected chi connectivity index (χ3v) is 4.07. The molecule has 2 atom stereocenters. The van der Waals surface area contributed by atoms with Gasteiger partial charge in [-0.15, -0.1) is 0 Å². The van der Waals surface area contributed by atoms with Crippen LogP contribution < -0.4 is 11.3 Å². The molecule has 1 heterocycles. The standard InChI is InChI=1S/C17H19FN2O/c1-11-6-7-13(10-15(11)18)16(20-19)17-14-5-3-2-4-12(14)8-9-21-17/h2-7,10,16-17,20H,8-9,19H2,1H3. The summed E-state index contributed by atoms with van der Waals surface area (Å²) in [5.74, 6) is 5.50. The van der Waals surface area contributed by atoms with Crippen molar-refractivity contribution < 1.29 is 9.13 Å². The van der Waals surface area contributed by atoms with E-state index in [4.69, 9.17) is 10.6 Å². The summed E-state index contributed by atoms with van der Waals surface area (Å²) in [6, 6.07) is 13.1. The summed E-state index contributed by atoms with van der Waals surface area (Å²) in [6.07, 6.45) is 0.689. The van der Waals surface area contributed by atoms with Gasteiger partial charge in [0.2, 0.25) is 0 Å². The summed E-state index contributed by atoms with van der Waals surface area (Å²) >= 11 is 0. The third-order valence-electron chi connectivity index (χ3n) is 4.07. The maximum atomic E-state index is 13.8. The topological polar surface area (TPSA) is 47.3 Å². The van der Waals surface area contributed by atoms with Gasteiger partial charge in [-0.3, -0.25) is 5.84 Å². The monoisotopic (exact) mass is 286 g/mol. The number of benzene rings is 2. The van der Waals surface area contributed by atoms with Crippen molar-refractivity contribution in [2.24, 2.45) is 5.84 Å². The van der Waals surface area contributed by atoms with Gasteiger partial charge in [-0.05, 0) is 41.7 Å². The number of aryl methyl sites for hydroxylation is 1. The van der Waals surface area contributed by atoms with Gasteiger partial charge in [0.1, 0.15) is 11.9 Å². The molecule has 0 saturated carbocycles. The number of ether oxygens (including phenoxy) is 1. The van der Waals surface area contributed by atoms with Gasteiger partial charge in [0.15, 0.2) is 0 Å². The first-order valence-electron chi connectivity index (χ1n) is 7.12. The molecular weight excluding hydrogens is 267 g/mol. The minimum absolute atomic E-state index is 0.206. The van der Waals surface area contributed by atoms with Gasteiger partial charge in [0, 0.05) is 0 Å². The molecular formula is C17H19FN2O. The van der Waals surface area contributed by atoms with E-state index in [1.807, 2.05) is 24.3 Å². The van der Waals surface area contributed by atoms with Gasteiger partial charge in [-0.25, -0.2) is 9.82 Å². The fourth-order valence-electron chi connectivity index (χ4n) is 2.86. The molecule has 110 valence electrons. The first kappa shape index (κ1) is 14.2. The molecule has 0 aliphatic carbocycles. The molecule has 21 heavy (non-hydrogen) atoms. The van der Waals surface area contributed by atoms with Gasteiger partial charge >= 0.3 is 0 Å². The average Bonchev–Trinajstić information content (AvgIpc) is 2.52. The van der Waals surface area contributed by atoms with Gasteiger partial charge in [0.05, 0.1) is 12.6 Å². The Kier molecular flexibility index (Phi) is 4.01. The van der Waals surface area contributed by atoms with E-state index in [9.17, 15) is 4.39 Å². The van der Waals surface area contributed by atoms with Crippen LogP contribution in [-0.4, -0.2) is 6.61 Å². The van der Waals surface area contributed by atoms with Crippen molar-refractivity contribution in [3.63, 3.8) is 0 Å². The number of hydrogen-bond acceptors (Lipinski definition) is 3. The van der Waals surface area contributed by atoms with Crippen LogP contribution in [0.3, 0.4) is 0 Å². The summed E-state index contributed by atoms with van der Waals surface area (Å²) in [4.78, 5) is 0. The molecule has 4 heteroatoms. The minimum Gasteiger partial charge on any atom is -0.371 e. The van der Waals surface area contributed by atoms with Crippen LogP contribution in [0.2, 0.25) is 0 Å². The van der Waals surface area contributed by atoms with Gasteiger partial charge in [-0.2, -0.15) is 0 Å². The quantitative estimate of drug-likeness (QED) is 0.673. The Morgan fingerprint density at radius 3 is 2.86 bits per heavy atom. The van der Waals surface area contributed by atoms with E-state index in [0.29, 0.717) is 12.2 Å². The SMILES string of the molecule is Cc1ccc(C(NN)C2OCCc3ccccc32)cc1F. The van der Waals surface area contributed by atoms with E-state index in [1.54, 1.807) is 13.0 Å². The number of hydrogen-bond donors (Lipinski definition) is 2. The Morgan fingerprint density at radius 1 is 1.29 bits per heavy atom. The Bertz CT molecular complexity index is 644. The maximum absolute atomic E-state index is 13.8. The van der Waals surface area contributed by atoms with Crippen LogP contribution in [-0.2, 0) is 11.2 Å². The van der Waals surface area contributed by atoms with Gasteiger partial charge in [-0.1, -0.05) is 36.4 Å². The van der Waals surface area contributed by atoms with Crippen molar-refractivity contribution in [1.82, 2.24) is 5.43 Å². The van der Waals surface area contributed by atoms with Crippen LogP contribution in [0.5, 0.6) is 0 Å². The molecule has 0 aromatic heterocycles. The molecule has 2 aromatic rings. The highest BCUT2D eigenvalue weighted by molar-refractivity contribution is 5.35. The fraction of sp³-hybridized carbons (Fsp3) is 0.294. The number of fused-ring (bicyclic) bond motifs is 1. The van der Waals surface area contributed by atoms with Crippen molar-refractivity contribution in [2.75, 3.05) is 6.61 Å². The molecule has 0 radical (unpaired) electrons. The van der Waals surface area contributed by atoms with Crippen LogP contribution in [0.25, 0.3) is 0 Å². The van der Waals surface area contributed by atoms with Crippen molar-refractivity contribution >= 4 is 0 Å². The molecule has 0 spiro atoms. The Labute approximate surface area is 123 Å². The lowest BCUT2D eigenvalue weighted by Gasteiger charge is -2.32. The summed E-state index contributed by atoms with van der Waals surface area (Å²) < 4.78 is 19.7. The molecule has 0 fully saturated rings. The van der Waals surface area contributed by atoms with Gasteiger partial charge < -0.3 is 4.74 Å². The molecule has 3 nitrogen and oxygen atoms in total. The largest absolute Gasteiger partial charge is 0.371 e. The number of nitrogens with one attached hydrogen (secondary N) is 1. The molecule has 2 aromatic carbocycles. The van der Waals surface area contributed by atoms with E-state index in [0.717, 1.165) is 17.5 Å². The van der Waals surface area contributed by atoms with E-state index < -0.39 is 0 Å². The van der Waals surface area contributed by atoms with E-state index in [2.05, 4.69) is 11.5 Å². The van der Waals surface area contributed by atoms with Crippen molar-refractivity contribution in [3.05, 3.63) is 70.5 Å². The smallest absolute Gasteiger partial charge is 0.126 e. The Balaban J connectivity index is 1.99. The van der Waals surface area contributed by atoms with E-state index >= 15 is 0 Å². The molecule has 1 aliphatic heterocycles. The Morgan fingerprint density at radius 2 is 2.10 bits per heavy atom. The van der Waals surface area contributed by atoms with E-state index in [-0.39, 0.29) is 18.0 Å². The predicted octanol–water partition coefficient (Wildman–Crippen LogP) is 2.95. The second-order valence-corrected chi connectivity index (χ2v) is 5.39. The predicted molar refractivity (Wildman–Crippen MR) is 80.0 cm³/mol. The first-order chi connectivity index (χ1) is 10.2. The molecule has 0 amide bonds. The van der Waals surface area contributed by atoms with Crippen LogP contribution >= 0.6 is 0 Å². The normalized spacial score (nSPS) is 19.1. The zero-order valence-corrected chi connectivity index (χ0v) is 12.0. The lowest BCUT2D eigenvalue weighted by molar-refractivity contribution is 0.0146. The zero-order chi connectivity index (χ0) is 14.8. The minimum atomic E-state index is -0.276. The maximum Gasteiger partial charge on any atom is 0.126 e. The summed E-state index contributed by atoms with van der Waals surface area (Å²) in [7, 11) is 0.